The minimum Gasteiger partial charge on any atom is -0.508 e. The van der Waals surface area contributed by atoms with Crippen LogP contribution < -0.4 is 11.2 Å². The molecule has 0 aliphatic heterocycles. The fourth-order valence-corrected chi connectivity index (χ4v) is 1.60. The van der Waals surface area contributed by atoms with Crippen LogP contribution in [0.15, 0.2) is 40.1 Å². The summed E-state index contributed by atoms with van der Waals surface area (Å²) in [6, 6.07) is 6.10. The summed E-state index contributed by atoms with van der Waals surface area (Å²) in [5.74, 6) is 0.0180. The highest BCUT2D eigenvalue weighted by atomic mass is 16.6. The van der Waals surface area contributed by atoms with E-state index in [1.165, 1.54) is 12.1 Å². The lowest BCUT2D eigenvalue weighted by Gasteiger charge is -2.05. The van der Waals surface area contributed by atoms with Crippen LogP contribution in [0, 0.1) is 10.1 Å². The standard InChI is InChI=1S/C11H9N3O5/c15-8-3-1-2-7(4-8)5-13-6-9(14(18)19)10(16)12-11(13)17/h1-4,6,15H,5H2,(H,12,16,17). The van der Waals surface area contributed by atoms with Crippen molar-refractivity contribution in [1.82, 2.24) is 9.55 Å². The van der Waals surface area contributed by atoms with Gasteiger partial charge in [-0.1, -0.05) is 12.1 Å². The summed E-state index contributed by atoms with van der Waals surface area (Å²) in [5, 5.41) is 19.9. The maximum atomic E-state index is 11.5. The summed E-state index contributed by atoms with van der Waals surface area (Å²) in [7, 11) is 0. The van der Waals surface area contributed by atoms with Crippen LogP contribution in [0.2, 0.25) is 0 Å². The van der Waals surface area contributed by atoms with E-state index in [4.69, 9.17) is 0 Å². The van der Waals surface area contributed by atoms with Crippen LogP contribution in [0.4, 0.5) is 5.69 Å². The summed E-state index contributed by atoms with van der Waals surface area (Å²) in [6.45, 7) is 0.00481. The van der Waals surface area contributed by atoms with Gasteiger partial charge in [0.15, 0.2) is 0 Å². The molecular weight excluding hydrogens is 254 g/mol. The van der Waals surface area contributed by atoms with Crippen LogP contribution in [0.25, 0.3) is 0 Å². The van der Waals surface area contributed by atoms with Gasteiger partial charge in [0, 0.05) is 0 Å². The first-order valence-corrected chi connectivity index (χ1v) is 5.23. The van der Waals surface area contributed by atoms with E-state index < -0.39 is 21.9 Å². The average Bonchev–Trinajstić information content (AvgIpc) is 2.32. The maximum absolute atomic E-state index is 11.5. The van der Waals surface area contributed by atoms with E-state index >= 15 is 0 Å². The third kappa shape index (κ3) is 2.68. The van der Waals surface area contributed by atoms with Gasteiger partial charge >= 0.3 is 16.9 Å². The Hall–Kier alpha value is -2.90. The number of phenolic OH excluding ortho intramolecular Hbond substituents is 1. The predicted octanol–water partition coefficient (Wildman–Crippen LogP) is 0.199. The Bertz CT molecular complexity index is 746. The molecule has 8 heteroatoms. The first-order chi connectivity index (χ1) is 8.97. The SMILES string of the molecule is O=c1[nH]c(=O)n(Cc2cccc(O)c2)cc1[N+](=O)[O-]. The number of benzene rings is 1. The van der Waals surface area contributed by atoms with Crippen molar-refractivity contribution in [2.75, 3.05) is 0 Å². The Kier molecular flexibility index (Phi) is 3.15. The molecule has 1 aromatic heterocycles. The van der Waals surface area contributed by atoms with Gasteiger partial charge in [0.1, 0.15) is 5.75 Å². The normalized spacial score (nSPS) is 10.3. The second-order valence-electron chi connectivity index (χ2n) is 3.83. The number of nitrogens with zero attached hydrogens (tertiary/aromatic N) is 2. The highest BCUT2D eigenvalue weighted by molar-refractivity contribution is 5.28. The van der Waals surface area contributed by atoms with Crippen LogP contribution >= 0.6 is 0 Å². The summed E-state index contributed by atoms with van der Waals surface area (Å²) >= 11 is 0. The lowest BCUT2D eigenvalue weighted by atomic mass is 10.2. The van der Waals surface area contributed by atoms with Gasteiger partial charge in [0.25, 0.3) is 0 Å². The molecule has 98 valence electrons. The first kappa shape index (κ1) is 12.6. The number of aromatic nitrogens is 2. The van der Waals surface area contributed by atoms with E-state index in [0.717, 1.165) is 10.8 Å². The lowest BCUT2D eigenvalue weighted by molar-refractivity contribution is -0.386. The van der Waals surface area contributed by atoms with Crippen molar-refractivity contribution in [2.24, 2.45) is 0 Å². The Morgan fingerprint density at radius 2 is 2.11 bits per heavy atom. The number of hydrogen-bond acceptors (Lipinski definition) is 5. The fourth-order valence-electron chi connectivity index (χ4n) is 1.60. The summed E-state index contributed by atoms with van der Waals surface area (Å²) in [6.07, 6.45) is 0.880. The van der Waals surface area contributed by atoms with E-state index in [0.29, 0.717) is 5.56 Å². The lowest BCUT2D eigenvalue weighted by Crippen LogP contribution is -2.31. The van der Waals surface area contributed by atoms with Gasteiger partial charge in [-0.25, -0.2) is 4.79 Å². The summed E-state index contributed by atoms with van der Waals surface area (Å²) < 4.78 is 0.994. The largest absolute Gasteiger partial charge is 0.508 e. The molecule has 0 aliphatic rings. The molecule has 0 aliphatic carbocycles. The number of nitro groups is 1. The van der Waals surface area contributed by atoms with Crippen molar-refractivity contribution in [3.8, 4) is 5.75 Å². The average molecular weight is 263 g/mol. The number of H-pyrrole nitrogens is 1. The number of aromatic amines is 1. The molecule has 0 amide bonds. The molecule has 1 heterocycles. The topological polar surface area (TPSA) is 118 Å². The molecule has 0 radical (unpaired) electrons. The predicted molar refractivity (Wildman–Crippen MR) is 65.2 cm³/mol. The van der Waals surface area contributed by atoms with Crippen LogP contribution in [-0.4, -0.2) is 19.6 Å². The molecular formula is C11H9N3O5. The van der Waals surface area contributed by atoms with Crippen LogP contribution in [-0.2, 0) is 6.54 Å². The molecule has 0 unspecified atom stereocenters. The van der Waals surface area contributed by atoms with E-state index in [-0.39, 0.29) is 12.3 Å². The number of hydrogen-bond donors (Lipinski definition) is 2. The first-order valence-electron chi connectivity index (χ1n) is 5.23. The highest BCUT2D eigenvalue weighted by Crippen LogP contribution is 2.11. The van der Waals surface area contributed by atoms with Gasteiger partial charge in [0.2, 0.25) is 0 Å². The second-order valence-corrected chi connectivity index (χ2v) is 3.83. The Morgan fingerprint density at radius 3 is 2.74 bits per heavy atom. The quantitative estimate of drug-likeness (QED) is 0.605. The van der Waals surface area contributed by atoms with E-state index in [2.05, 4.69) is 0 Å². The minimum atomic E-state index is -1.04. The van der Waals surface area contributed by atoms with Gasteiger partial charge < -0.3 is 5.11 Å². The van der Waals surface area contributed by atoms with E-state index in [9.17, 15) is 24.8 Å². The number of nitrogens with one attached hydrogen (secondary N) is 1. The van der Waals surface area contributed by atoms with Gasteiger partial charge in [0.05, 0.1) is 17.7 Å². The Labute approximate surface area is 105 Å². The number of rotatable bonds is 3. The second kappa shape index (κ2) is 4.77. The molecule has 0 saturated heterocycles. The highest BCUT2D eigenvalue weighted by Gasteiger charge is 2.14. The van der Waals surface area contributed by atoms with Crippen molar-refractivity contribution in [3.05, 3.63) is 67.0 Å². The molecule has 0 bridgehead atoms. The molecule has 0 saturated carbocycles. The zero-order valence-electron chi connectivity index (χ0n) is 9.57. The zero-order chi connectivity index (χ0) is 14.0. The van der Waals surface area contributed by atoms with Crippen molar-refractivity contribution < 1.29 is 10.0 Å². The molecule has 0 spiro atoms. The smallest absolute Gasteiger partial charge is 0.350 e. The van der Waals surface area contributed by atoms with Gasteiger partial charge in [-0.2, -0.15) is 0 Å². The van der Waals surface area contributed by atoms with Crippen LogP contribution in [0.1, 0.15) is 5.56 Å². The Morgan fingerprint density at radius 1 is 1.37 bits per heavy atom. The van der Waals surface area contributed by atoms with Gasteiger partial charge in [-0.15, -0.1) is 0 Å². The van der Waals surface area contributed by atoms with Gasteiger partial charge in [-0.05, 0) is 17.7 Å². The maximum Gasteiger partial charge on any atom is 0.350 e. The van der Waals surface area contributed by atoms with Crippen molar-refractivity contribution in [1.29, 1.82) is 0 Å². The van der Waals surface area contributed by atoms with E-state index in [1.54, 1.807) is 12.1 Å². The molecule has 0 atom stereocenters. The molecule has 2 aromatic rings. The molecule has 0 fully saturated rings. The molecule has 2 rings (SSSR count). The van der Waals surface area contributed by atoms with Crippen LogP contribution in [0.3, 0.4) is 0 Å². The minimum absolute atomic E-state index is 0.00481. The molecule has 2 N–H and O–H groups in total. The van der Waals surface area contributed by atoms with Crippen molar-refractivity contribution >= 4 is 5.69 Å². The summed E-state index contributed by atoms with van der Waals surface area (Å²) in [4.78, 5) is 34.3. The zero-order valence-corrected chi connectivity index (χ0v) is 9.57. The third-order valence-electron chi connectivity index (χ3n) is 2.45. The third-order valence-corrected chi connectivity index (χ3v) is 2.45. The van der Waals surface area contributed by atoms with Gasteiger partial charge in [-0.3, -0.25) is 24.5 Å². The van der Waals surface area contributed by atoms with Crippen LogP contribution in [0.5, 0.6) is 5.75 Å². The molecule has 1 aromatic carbocycles. The molecule has 19 heavy (non-hydrogen) atoms. The van der Waals surface area contributed by atoms with Crippen molar-refractivity contribution in [2.45, 2.75) is 6.54 Å². The molecule has 8 nitrogen and oxygen atoms in total. The summed E-state index contributed by atoms with van der Waals surface area (Å²) in [5.41, 5.74) is -1.93. The van der Waals surface area contributed by atoms with Crippen molar-refractivity contribution in [3.63, 3.8) is 0 Å². The monoisotopic (exact) mass is 263 g/mol. The van der Waals surface area contributed by atoms with E-state index in [1.807, 2.05) is 4.98 Å². The number of phenols is 1. The number of aromatic hydroxyl groups is 1. The fraction of sp³-hybridized carbons (Fsp3) is 0.0909. The Balaban J connectivity index is 2.46.